The fraction of sp³-hybridized carbons (Fsp3) is 0.188. The molecule has 84 valence electrons. The molecule has 0 saturated heterocycles. The smallest absolute Gasteiger partial charge is 0.0998 e. The molecule has 0 aliphatic carbocycles. The lowest BCUT2D eigenvalue weighted by molar-refractivity contribution is 1.14. The molecule has 0 unspecified atom stereocenters. The topological polar surface area (TPSA) is 23.8 Å². The Labute approximate surface area is 102 Å². The molecular weight excluding hydrogens is 206 g/mol. The zero-order chi connectivity index (χ0) is 12.3. The molecule has 0 aromatic heterocycles. The van der Waals surface area contributed by atoms with Crippen LogP contribution in [0.5, 0.6) is 0 Å². The zero-order valence-electron chi connectivity index (χ0n) is 10.2. The summed E-state index contributed by atoms with van der Waals surface area (Å²) in [6.07, 6.45) is 1.04. The summed E-state index contributed by atoms with van der Waals surface area (Å²) in [7, 11) is 0. The van der Waals surface area contributed by atoms with Crippen LogP contribution in [-0.4, -0.2) is 0 Å². The van der Waals surface area contributed by atoms with Crippen LogP contribution in [0.1, 0.15) is 23.6 Å². The van der Waals surface area contributed by atoms with Crippen molar-refractivity contribution < 1.29 is 0 Å². The van der Waals surface area contributed by atoms with Gasteiger partial charge in [-0.05, 0) is 36.1 Å². The molecule has 0 aliphatic rings. The molecule has 0 atom stereocenters. The van der Waals surface area contributed by atoms with Crippen molar-refractivity contribution in [2.24, 2.45) is 0 Å². The maximum Gasteiger partial charge on any atom is 0.0998 e. The molecule has 17 heavy (non-hydrogen) atoms. The van der Waals surface area contributed by atoms with E-state index in [1.165, 1.54) is 11.1 Å². The average molecular weight is 221 g/mol. The molecule has 0 aliphatic heterocycles. The van der Waals surface area contributed by atoms with Gasteiger partial charge >= 0.3 is 0 Å². The normalized spacial score (nSPS) is 9.94. The predicted octanol–water partition coefficient (Wildman–Crippen LogP) is 4.10. The number of benzene rings is 2. The van der Waals surface area contributed by atoms with E-state index >= 15 is 0 Å². The van der Waals surface area contributed by atoms with Crippen molar-refractivity contribution >= 4 is 0 Å². The second kappa shape index (κ2) is 4.84. The maximum absolute atomic E-state index is 9.12. The minimum Gasteiger partial charge on any atom is -0.192 e. The zero-order valence-corrected chi connectivity index (χ0v) is 10.2. The van der Waals surface area contributed by atoms with Crippen LogP contribution in [0.3, 0.4) is 0 Å². The first-order valence-electron chi connectivity index (χ1n) is 5.84. The Bertz CT molecular complexity index is 559. The quantitative estimate of drug-likeness (QED) is 0.749. The Hall–Kier alpha value is -2.07. The van der Waals surface area contributed by atoms with Crippen LogP contribution in [0.2, 0.25) is 0 Å². The highest BCUT2D eigenvalue weighted by atomic mass is 14.2. The molecule has 2 aromatic rings. The van der Waals surface area contributed by atoms with Gasteiger partial charge in [0.15, 0.2) is 0 Å². The van der Waals surface area contributed by atoms with Gasteiger partial charge < -0.3 is 0 Å². The van der Waals surface area contributed by atoms with Gasteiger partial charge in [0.25, 0.3) is 0 Å². The molecule has 1 nitrogen and oxygen atoms in total. The molecule has 0 radical (unpaired) electrons. The summed E-state index contributed by atoms with van der Waals surface area (Å²) in [5.74, 6) is 0. The second-order valence-corrected chi connectivity index (χ2v) is 4.21. The number of hydrogen-bond acceptors (Lipinski definition) is 1. The third-order valence-corrected chi connectivity index (χ3v) is 2.97. The van der Waals surface area contributed by atoms with E-state index in [1.807, 2.05) is 19.1 Å². The molecule has 2 rings (SSSR count). The van der Waals surface area contributed by atoms with Gasteiger partial charge in [-0.1, -0.05) is 48.9 Å². The minimum atomic E-state index is 0.736. The highest BCUT2D eigenvalue weighted by Gasteiger charge is 2.04. The minimum absolute atomic E-state index is 0.736. The average Bonchev–Trinajstić information content (AvgIpc) is 2.39. The molecule has 2 aromatic carbocycles. The summed E-state index contributed by atoms with van der Waals surface area (Å²) in [6, 6.07) is 16.6. The van der Waals surface area contributed by atoms with Crippen LogP contribution < -0.4 is 0 Å². The molecular formula is C16H15N. The summed E-state index contributed by atoms with van der Waals surface area (Å²) in [4.78, 5) is 0. The Morgan fingerprint density at radius 3 is 2.35 bits per heavy atom. The molecule has 0 heterocycles. The van der Waals surface area contributed by atoms with Crippen LogP contribution in [0.25, 0.3) is 11.1 Å². The van der Waals surface area contributed by atoms with Crippen LogP contribution in [0, 0.1) is 18.3 Å². The van der Waals surface area contributed by atoms with Gasteiger partial charge in [0.05, 0.1) is 11.6 Å². The summed E-state index contributed by atoms with van der Waals surface area (Å²) >= 11 is 0. The van der Waals surface area contributed by atoms with Gasteiger partial charge in [-0.3, -0.25) is 0 Å². The fourth-order valence-electron chi connectivity index (χ4n) is 1.91. The molecule has 1 heteroatoms. The molecule has 0 saturated carbocycles. The summed E-state index contributed by atoms with van der Waals surface area (Å²) in [6.45, 7) is 4.19. The predicted molar refractivity (Wildman–Crippen MR) is 70.7 cm³/mol. The van der Waals surface area contributed by atoms with Crippen molar-refractivity contribution in [2.75, 3.05) is 0 Å². The summed E-state index contributed by atoms with van der Waals surface area (Å²) < 4.78 is 0. The summed E-state index contributed by atoms with van der Waals surface area (Å²) in [5, 5.41) is 9.12. The van der Waals surface area contributed by atoms with Crippen molar-refractivity contribution in [3.8, 4) is 17.2 Å². The molecule has 0 amide bonds. The van der Waals surface area contributed by atoms with Gasteiger partial charge in [0, 0.05) is 0 Å². The molecule has 0 spiro atoms. The van der Waals surface area contributed by atoms with Gasteiger partial charge in [0.2, 0.25) is 0 Å². The fourth-order valence-corrected chi connectivity index (χ4v) is 1.91. The van der Waals surface area contributed by atoms with Crippen molar-refractivity contribution in [3.05, 3.63) is 59.2 Å². The Morgan fingerprint density at radius 2 is 1.76 bits per heavy atom. The lowest BCUT2D eigenvalue weighted by atomic mass is 9.97. The lowest BCUT2D eigenvalue weighted by Gasteiger charge is -2.06. The number of nitriles is 1. The van der Waals surface area contributed by atoms with E-state index in [0.717, 1.165) is 23.1 Å². The highest BCUT2D eigenvalue weighted by Crippen LogP contribution is 2.25. The molecule has 0 bridgehead atoms. The van der Waals surface area contributed by atoms with E-state index in [0.29, 0.717) is 0 Å². The van der Waals surface area contributed by atoms with E-state index in [1.54, 1.807) is 0 Å². The Balaban J connectivity index is 2.52. The number of hydrogen-bond donors (Lipinski definition) is 0. The van der Waals surface area contributed by atoms with Crippen molar-refractivity contribution in [3.63, 3.8) is 0 Å². The number of nitrogens with zero attached hydrogens (tertiary/aromatic N) is 1. The van der Waals surface area contributed by atoms with Crippen LogP contribution >= 0.6 is 0 Å². The SMILES string of the molecule is CCc1ccc(-c2cc(C)ccc2C#N)cc1. The Kier molecular flexibility index (Phi) is 3.25. The van der Waals surface area contributed by atoms with E-state index in [4.69, 9.17) is 5.26 Å². The number of rotatable bonds is 2. The van der Waals surface area contributed by atoms with Crippen molar-refractivity contribution in [2.45, 2.75) is 20.3 Å². The monoisotopic (exact) mass is 221 g/mol. The highest BCUT2D eigenvalue weighted by molar-refractivity contribution is 5.71. The largest absolute Gasteiger partial charge is 0.192 e. The Morgan fingerprint density at radius 1 is 1.06 bits per heavy atom. The van der Waals surface area contributed by atoms with Gasteiger partial charge in [-0.15, -0.1) is 0 Å². The van der Waals surface area contributed by atoms with Crippen LogP contribution in [0.4, 0.5) is 0 Å². The van der Waals surface area contributed by atoms with Crippen LogP contribution in [0.15, 0.2) is 42.5 Å². The summed E-state index contributed by atoms with van der Waals surface area (Å²) in [5.41, 5.74) is 5.37. The van der Waals surface area contributed by atoms with E-state index < -0.39 is 0 Å². The number of aryl methyl sites for hydroxylation is 2. The van der Waals surface area contributed by atoms with E-state index in [9.17, 15) is 0 Å². The van der Waals surface area contributed by atoms with Crippen molar-refractivity contribution in [1.82, 2.24) is 0 Å². The third kappa shape index (κ3) is 2.37. The van der Waals surface area contributed by atoms with Crippen molar-refractivity contribution in [1.29, 1.82) is 5.26 Å². The van der Waals surface area contributed by atoms with Gasteiger partial charge in [-0.25, -0.2) is 0 Å². The first kappa shape index (κ1) is 11.4. The van der Waals surface area contributed by atoms with Gasteiger partial charge in [0.1, 0.15) is 0 Å². The first-order chi connectivity index (χ1) is 8.24. The standard InChI is InChI=1S/C16H15N/c1-3-13-5-8-14(9-6-13)16-10-12(2)4-7-15(16)11-17/h4-10H,3H2,1-2H3. The van der Waals surface area contributed by atoms with E-state index in [-0.39, 0.29) is 0 Å². The lowest BCUT2D eigenvalue weighted by Crippen LogP contribution is -1.87. The third-order valence-electron chi connectivity index (χ3n) is 2.97. The second-order valence-electron chi connectivity index (χ2n) is 4.21. The molecule has 0 N–H and O–H groups in total. The van der Waals surface area contributed by atoms with Crippen LogP contribution in [-0.2, 0) is 6.42 Å². The maximum atomic E-state index is 9.12. The molecule has 0 fully saturated rings. The van der Waals surface area contributed by atoms with E-state index in [2.05, 4.69) is 43.3 Å². The first-order valence-corrected chi connectivity index (χ1v) is 5.84. The van der Waals surface area contributed by atoms with Gasteiger partial charge in [-0.2, -0.15) is 5.26 Å².